The van der Waals surface area contributed by atoms with Gasteiger partial charge in [0.2, 0.25) is 0 Å². The number of nitrogens with zero attached hydrogens (tertiary/aromatic N) is 1. The van der Waals surface area contributed by atoms with Crippen molar-refractivity contribution in [3.8, 4) is 0 Å². The number of hydrogen-bond acceptors (Lipinski definition) is 6. The van der Waals surface area contributed by atoms with Crippen molar-refractivity contribution in [3.05, 3.63) is 0 Å². The number of esters is 1. The summed E-state index contributed by atoms with van der Waals surface area (Å²) in [5.74, 6) is -0.224. The average molecular weight is 368 g/mol. The van der Waals surface area contributed by atoms with Crippen LogP contribution in [0.25, 0.3) is 0 Å². The largest absolute Gasteiger partial charge is 0.481 e. The molecule has 0 spiro atoms. The lowest BCUT2D eigenvalue weighted by Gasteiger charge is -2.25. The van der Waals surface area contributed by atoms with Gasteiger partial charge in [0.15, 0.2) is 0 Å². The van der Waals surface area contributed by atoms with Crippen molar-refractivity contribution in [2.45, 2.75) is 76.9 Å². The van der Waals surface area contributed by atoms with Gasteiger partial charge in [-0.1, -0.05) is 26.2 Å². The molecule has 0 aliphatic carbocycles. The second-order valence-corrected chi connectivity index (χ2v) is 7.21. The SMILES string of the molecule is CCCOC(=O)CNN=CC1C2CCC(O2)C1CCCCCCC(=O)O. The van der Waals surface area contributed by atoms with Crippen LogP contribution in [0.1, 0.15) is 64.7 Å². The Morgan fingerprint density at radius 1 is 1.23 bits per heavy atom. The summed E-state index contributed by atoms with van der Waals surface area (Å²) >= 11 is 0. The van der Waals surface area contributed by atoms with E-state index >= 15 is 0 Å². The number of rotatable bonds is 13. The molecule has 2 saturated heterocycles. The lowest BCUT2D eigenvalue weighted by molar-refractivity contribution is -0.142. The fourth-order valence-electron chi connectivity index (χ4n) is 3.92. The monoisotopic (exact) mass is 368 g/mol. The molecule has 2 N–H and O–H groups in total. The molecule has 4 unspecified atom stereocenters. The van der Waals surface area contributed by atoms with Crippen molar-refractivity contribution in [2.24, 2.45) is 16.9 Å². The van der Waals surface area contributed by atoms with Crippen LogP contribution in [0.3, 0.4) is 0 Å². The Labute approximate surface area is 155 Å². The molecule has 2 aliphatic heterocycles. The quantitative estimate of drug-likeness (QED) is 0.224. The van der Waals surface area contributed by atoms with Crippen molar-refractivity contribution in [3.63, 3.8) is 0 Å². The van der Waals surface area contributed by atoms with E-state index in [1.807, 2.05) is 13.1 Å². The molecule has 0 aromatic heterocycles. The predicted molar refractivity (Wildman–Crippen MR) is 98.0 cm³/mol. The van der Waals surface area contributed by atoms with Crippen LogP contribution in [0.5, 0.6) is 0 Å². The summed E-state index contributed by atoms with van der Waals surface area (Å²) in [6, 6.07) is 0. The maximum atomic E-state index is 11.4. The maximum Gasteiger partial charge on any atom is 0.327 e. The Balaban J connectivity index is 1.68. The topological polar surface area (TPSA) is 97.2 Å². The number of carbonyl (C=O) groups excluding carboxylic acids is 1. The highest BCUT2D eigenvalue weighted by molar-refractivity contribution is 5.72. The lowest BCUT2D eigenvalue weighted by atomic mass is 9.77. The number of nitrogens with one attached hydrogen (secondary N) is 1. The molecule has 4 atom stereocenters. The van der Waals surface area contributed by atoms with Gasteiger partial charge in [0.05, 0.1) is 18.8 Å². The van der Waals surface area contributed by atoms with Gasteiger partial charge in [-0.2, -0.15) is 5.10 Å². The fourth-order valence-corrected chi connectivity index (χ4v) is 3.92. The van der Waals surface area contributed by atoms with E-state index in [0.717, 1.165) is 51.4 Å². The van der Waals surface area contributed by atoms with E-state index < -0.39 is 5.97 Å². The van der Waals surface area contributed by atoms with Crippen molar-refractivity contribution < 1.29 is 24.2 Å². The van der Waals surface area contributed by atoms with Crippen LogP contribution in [0.15, 0.2) is 5.10 Å². The molecule has 0 saturated carbocycles. The Morgan fingerprint density at radius 2 is 2.00 bits per heavy atom. The molecule has 0 aromatic carbocycles. The van der Waals surface area contributed by atoms with Gasteiger partial charge in [0.25, 0.3) is 0 Å². The van der Waals surface area contributed by atoms with Crippen molar-refractivity contribution in [1.29, 1.82) is 0 Å². The molecule has 2 bridgehead atoms. The molecule has 2 fully saturated rings. The first kappa shape index (κ1) is 20.7. The number of ether oxygens (including phenoxy) is 2. The standard InChI is InChI=1S/C19H32N2O5/c1-2-11-25-19(24)13-21-20-12-15-14(16-9-10-17(15)26-16)7-5-3-4-6-8-18(22)23/h12,14-17,21H,2-11,13H2,1H3,(H,22,23). The minimum absolute atomic E-state index is 0.0897. The molecule has 0 radical (unpaired) electrons. The first-order chi connectivity index (χ1) is 12.6. The Bertz CT molecular complexity index is 483. The highest BCUT2D eigenvalue weighted by atomic mass is 16.5. The molecule has 2 rings (SSSR count). The molecule has 0 aromatic rings. The van der Waals surface area contributed by atoms with Crippen molar-refractivity contribution >= 4 is 18.2 Å². The van der Waals surface area contributed by atoms with Gasteiger partial charge in [0, 0.05) is 18.6 Å². The Kier molecular flexibility index (Phi) is 8.88. The molecule has 2 aliphatic rings. The van der Waals surface area contributed by atoms with E-state index in [2.05, 4.69) is 10.5 Å². The zero-order valence-electron chi connectivity index (χ0n) is 15.7. The number of carboxylic acid groups (broad SMARTS) is 1. The summed E-state index contributed by atoms with van der Waals surface area (Å²) in [5, 5.41) is 12.9. The molecular formula is C19H32N2O5. The minimum atomic E-state index is -0.714. The molecule has 7 heteroatoms. The second kappa shape index (κ2) is 11.2. The number of carboxylic acids is 1. The minimum Gasteiger partial charge on any atom is -0.481 e. The van der Waals surface area contributed by atoms with Gasteiger partial charge in [-0.15, -0.1) is 0 Å². The summed E-state index contributed by atoms with van der Waals surface area (Å²) in [6.45, 7) is 2.49. The second-order valence-electron chi connectivity index (χ2n) is 7.21. The van der Waals surface area contributed by atoms with Crippen molar-refractivity contribution in [2.75, 3.05) is 13.2 Å². The lowest BCUT2D eigenvalue weighted by Crippen LogP contribution is -2.29. The molecule has 2 heterocycles. The first-order valence-corrected chi connectivity index (χ1v) is 9.90. The summed E-state index contributed by atoms with van der Waals surface area (Å²) in [6.07, 6.45) is 10.7. The third-order valence-electron chi connectivity index (χ3n) is 5.19. The molecule has 148 valence electrons. The van der Waals surface area contributed by atoms with Crippen LogP contribution < -0.4 is 5.43 Å². The predicted octanol–water partition coefficient (Wildman–Crippen LogP) is 2.73. The number of hydrogen-bond donors (Lipinski definition) is 2. The van der Waals surface area contributed by atoms with Crippen molar-refractivity contribution in [1.82, 2.24) is 5.43 Å². The first-order valence-electron chi connectivity index (χ1n) is 9.90. The number of fused-ring (bicyclic) bond motifs is 2. The van der Waals surface area contributed by atoms with Crippen LogP contribution in [0, 0.1) is 11.8 Å². The molecule has 26 heavy (non-hydrogen) atoms. The van der Waals surface area contributed by atoms with Gasteiger partial charge in [0.1, 0.15) is 6.54 Å². The van der Waals surface area contributed by atoms with Gasteiger partial charge in [-0.25, -0.2) is 0 Å². The number of hydrazone groups is 1. The zero-order valence-corrected chi connectivity index (χ0v) is 15.7. The van der Waals surface area contributed by atoms with Crippen LogP contribution in [0.2, 0.25) is 0 Å². The number of unbranched alkanes of at least 4 members (excludes halogenated alkanes) is 3. The van der Waals surface area contributed by atoms with Gasteiger partial charge >= 0.3 is 11.9 Å². The van der Waals surface area contributed by atoms with Gasteiger partial charge in [-0.3, -0.25) is 15.0 Å². The van der Waals surface area contributed by atoms with E-state index in [0.29, 0.717) is 24.5 Å². The Hall–Kier alpha value is -1.63. The smallest absolute Gasteiger partial charge is 0.327 e. The van der Waals surface area contributed by atoms with E-state index in [1.54, 1.807) is 0 Å². The summed E-state index contributed by atoms with van der Waals surface area (Å²) in [7, 11) is 0. The van der Waals surface area contributed by atoms with Crippen LogP contribution in [0.4, 0.5) is 0 Å². The average Bonchev–Trinajstić information content (AvgIpc) is 3.21. The Morgan fingerprint density at radius 3 is 2.77 bits per heavy atom. The highest BCUT2D eigenvalue weighted by Gasteiger charge is 2.47. The van der Waals surface area contributed by atoms with Crippen LogP contribution in [-0.4, -0.2) is 48.6 Å². The summed E-state index contributed by atoms with van der Waals surface area (Å²) in [5.41, 5.74) is 2.78. The fraction of sp³-hybridized carbons (Fsp3) is 0.842. The van der Waals surface area contributed by atoms with E-state index in [1.165, 1.54) is 0 Å². The molecular weight excluding hydrogens is 336 g/mol. The van der Waals surface area contributed by atoms with E-state index in [-0.39, 0.29) is 25.0 Å². The van der Waals surface area contributed by atoms with Gasteiger partial charge < -0.3 is 14.6 Å². The third-order valence-corrected chi connectivity index (χ3v) is 5.19. The van der Waals surface area contributed by atoms with Crippen LogP contribution in [-0.2, 0) is 19.1 Å². The highest BCUT2D eigenvalue weighted by Crippen LogP contribution is 2.44. The number of carbonyl (C=O) groups is 2. The molecule has 7 nitrogen and oxygen atoms in total. The molecule has 0 amide bonds. The third kappa shape index (κ3) is 6.59. The van der Waals surface area contributed by atoms with E-state index in [9.17, 15) is 9.59 Å². The van der Waals surface area contributed by atoms with Gasteiger partial charge in [-0.05, 0) is 38.0 Å². The summed E-state index contributed by atoms with van der Waals surface area (Å²) in [4.78, 5) is 22.0. The maximum absolute atomic E-state index is 11.4. The number of aliphatic carboxylic acids is 1. The summed E-state index contributed by atoms with van der Waals surface area (Å²) < 4.78 is 11.0. The zero-order chi connectivity index (χ0) is 18.8. The normalized spacial score (nSPS) is 27.1. The van der Waals surface area contributed by atoms with E-state index in [4.69, 9.17) is 14.6 Å². The van der Waals surface area contributed by atoms with Crippen LogP contribution >= 0.6 is 0 Å².